The first-order valence-corrected chi connectivity index (χ1v) is 4.32. The average molecular weight is 211 g/mol. The summed E-state index contributed by atoms with van der Waals surface area (Å²) >= 11 is 5.84. The first kappa shape index (κ1) is 9.02. The summed E-state index contributed by atoms with van der Waals surface area (Å²) < 4.78 is 5.06. The highest BCUT2D eigenvalue weighted by atomic mass is 35.5. The highest BCUT2D eigenvalue weighted by Gasteiger charge is 2.06. The molecule has 1 aromatic carbocycles. The largest absolute Gasteiger partial charge is 0.494 e. The minimum atomic E-state index is -0.480. The molecule has 0 radical (unpaired) electrons. The molecule has 2 rings (SSSR count). The van der Waals surface area contributed by atoms with Crippen LogP contribution < -0.4 is 10.4 Å². The summed E-state index contributed by atoms with van der Waals surface area (Å²) in [6, 6.07) is 5.28. The molecule has 2 aromatic rings. The zero-order valence-electron chi connectivity index (χ0n) is 7.37. The fourth-order valence-electron chi connectivity index (χ4n) is 1.27. The van der Waals surface area contributed by atoms with E-state index in [0.717, 1.165) is 0 Å². The average Bonchev–Trinajstić information content (AvgIpc) is 2.17. The van der Waals surface area contributed by atoms with Crippen LogP contribution in [0.1, 0.15) is 0 Å². The minimum Gasteiger partial charge on any atom is -0.494 e. The minimum absolute atomic E-state index is 0.277. The molecule has 0 saturated carbocycles. The predicted octanol–water partition coefficient (Wildman–Crippen LogP) is 1.59. The molecule has 0 unspecified atom stereocenters. The quantitative estimate of drug-likeness (QED) is 0.728. The van der Waals surface area contributed by atoms with Crippen LogP contribution in [0, 0.1) is 0 Å². The van der Waals surface area contributed by atoms with Gasteiger partial charge < -0.3 is 4.74 Å². The Balaban J connectivity index is 2.93. The summed E-state index contributed by atoms with van der Waals surface area (Å²) in [5.74, 6) is 0.538. The number of nitrogens with zero attached hydrogens (tertiary/aromatic N) is 1. The highest BCUT2D eigenvalue weighted by molar-refractivity contribution is 6.34. The van der Waals surface area contributed by atoms with Crippen molar-refractivity contribution in [3.63, 3.8) is 0 Å². The smallest absolute Gasteiger partial charge is 0.346 e. The molecule has 1 N–H and O–H groups in total. The third-order valence-corrected chi connectivity index (χ3v) is 2.18. The number of H-pyrrole nitrogens is 1. The maximum Gasteiger partial charge on any atom is 0.346 e. The molecule has 0 fully saturated rings. The van der Waals surface area contributed by atoms with Gasteiger partial charge in [-0.1, -0.05) is 17.7 Å². The van der Waals surface area contributed by atoms with Crippen molar-refractivity contribution in [1.29, 1.82) is 0 Å². The van der Waals surface area contributed by atoms with Crippen LogP contribution in [0.2, 0.25) is 5.15 Å². The van der Waals surface area contributed by atoms with Crippen LogP contribution in [0.3, 0.4) is 0 Å². The number of ether oxygens (including phenoxy) is 1. The number of hydrogen-bond donors (Lipinski definition) is 1. The van der Waals surface area contributed by atoms with Crippen molar-refractivity contribution in [2.45, 2.75) is 0 Å². The molecule has 1 heterocycles. The molecule has 0 aliphatic heterocycles. The molecule has 0 aliphatic rings. The van der Waals surface area contributed by atoms with Crippen molar-refractivity contribution in [3.05, 3.63) is 33.8 Å². The number of fused-ring (bicyclic) bond motifs is 1. The van der Waals surface area contributed by atoms with Gasteiger partial charge in [0.2, 0.25) is 0 Å². The summed E-state index contributed by atoms with van der Waals surface area (Å²) in [7, 11) is 1.52. The van der Waals surface area contributed by atoms with Crippen molar-refractivity contribution < 1.29 is 4.74 Å². The molecule has 72 valence electrons. The van der Waals surface area contributed by atoms with E-state index in [1.54, 1.807) is 18.2 Å². The zero-order chi connectivity index (χ0) is 10.1. The topological polar surface area (TPSA) is 55.0 Å². The molecule has 0 amide bonds. The normalized spacial score (nSPS) is 10.4. The number of para-hydroxylation sites is 1. The first-order valence-electron chi connectivity index (χ1n) is 3.95. The predicted molar refractivity (Wildman–Crippen MR) is 53.9 cm³/mol. The lowest BCUT2D eigenvalue weighted by atomic mass is 10.2. The maximum atomic E-state index is 11.1. The number of hydrogen-bond acceptors (Lipinski definition) is 3. The summed E-state index contributed by atoms with van der Waals surface area (Å²) in [6.07, 6.45) is 0. The molecule has 4 nitrogen and oxygen atoms in total. The van der Waals surface area contributed by atoms with Crippen LogP contribution >= 0.6 is 11.6 Å². The van der Waals surface area contributed by atoms with Gasteiger partial charge in [0, 0.05) is 5.39 Å². The lowest BCUT2D eigenvalue weighted by molar-refractivity contribution is 0.418. The van der Waals surface area contributed by atoms with E-state index in [0.29, 0.717) is 16.7 Å². The van der Waals surface area contributed by atoms with Gasteiger partial charge >= 0.3 is 5.69 Å². The number of methoxy groups -OCH3 is 1. The van der Waals surface area contributed by atoms with Gasteiger partial charge in [0.1, 0.15) is 16.4 Å². The molecule has 0 bridgehead atoms. The van der Waals surface area contributed by atoms with Crippen molar-refractivity contribution in [1.82, 2.24) is 9.97 Å². The zero-order valence-corrected chi connectivity index (χ0v) is 8.13. The van der Waals surface area contributed by atoms with Gasteiger partial charge in [-0.15, -0.1) is 0 Å². The molecule has 0 saturated heterocycles. The van der Waals surface area contributed by atoms with Crippen molar-refractivity contribution in [3.8, 4) is 5.75 Å². The Morgan fingerprint density at radius 3 is 3.00 bits per heavy atom. The Hall–Kier alpha value is -1.55. The Morgan fingerprint density at radius 1 is 1.50 bits per heavy atom. The van der Waals surface area contributed by atoms with Gasteiger partial charge in [-0.2, -0.15) is 4.98 Å². The van der Waals surface area contributed by atoms with E-state index in [9.17, 15) is 4.79 Å². The molecule has 0 atom stereocenters. The van der Waals surface area contributed by atoms with Gasteiger partial charge in [0.05, 0.1) is 7.11 Å². The summed E-state index contributed by atoms with van der Waals surface area (Å²) in [5.41, 5.74) is -0.00394. The second-order valence-electron chi connectivity index (χ2n) is 2.71. The second kappa shape index (κ2) is 3.31. The van der Waals surface area contributed by atoms with Crippen LogP contribution in [0.25, 0.3) is 10.9 Å². The monoisotopic (exact) mass is 210 g/mol. The number of rotatable bonds is 1. The van der Waals surface area contributed by atoms with E-state index in [1.807, 2.05) is 0 Å². The Bertz CT molecular complexity index is 536. The van der Waals surface area contributed by atoms with Crippen LogP contribution in [0.15, 0.2) is 23.0 Å². The lowest BCUT2D eigenvalue weighted by Crippen LogP contribution is -2.10. The molecular formula is C9H7ClN2O2. The van der Waals surface area contributed by atoms with Gasteiger partial charge in [0.25, 0.3) is 0 Å². The van der Waals surface area contributed by atoms with Crippen LogP contribution in [0.4, 0.5) is 0 Å². The van der Waals surface area contributed by atoms with Crippen LogP contribution in [0.5, 0.6) is 5.75 Å². The molecule has 0 spiro atoms. The number of benzene rings is 1. The molecule has 5 heteroatoms. The number of halogens is 1. The molecule has 14 heavy (non-hydrogen) atoms. The fraction of sp³-hybridized carbons (Fsp3) is 0.111. The molecule has 0 aliphatic carbocycles. The third-order valence-electron chi connectivity index (χ3n) is 1.89. The van der Waals surface area contributed by atoms with E-state index in [2.05, 4.69) is 9.97 Å². The number of aromatic nitrogens is 2. The lowest BCUT2D eigenvalue weighted by Gasteiger charge is -2.03. The number of nitrogens with one attached hydrogen (secondary N) is 1. The standard InChI is InChI=1S/C9H7ClN2O2/c1-14-6-4-2-3-5-7(6)11-9(13)12-8(5)10/h2-4H,1H3,(H,11,12,13). The fourth-order valence-corrected chi connectivity index (χ4v) is 1.50. The van der Waals surface area contributed by atoms with Crippen molar-refractivity contribution >= 4 is 22.5 Å². The van der Waals surface area contributed by atoms with E-state index in [1.165, 1.54) is 7.11 Å². The highest BCUT2D eigenvalue weighted by Crippen LogP contribution is 2.25. The van der Waals surface area contributed by atoms with Crippen LogP contribution in [-0.2, 0) is 0 Å². The van der Waals surface area contributed by atoms with E-state index in [-0.39, 0.29) is 5.15 Å². The molecule has 1 aromatic heterocycles. The molecular weight excluding hydrogens is 204 g/mol. The van der Waals surface area contributed by atoms with Crippen molar-refractivity contribution in [2.24, 2.45) is 0 Å². The summed E-state index contributed by atoms with van der Waals surface area (Å²) in [6.45, 7) is 0. The SMILES string of the molecule is COc1cccc2c(Cl)[nH]c(=O)nc12. The van der Waals surface area contributed by atoms with Crippen LogP contribution in [-0.4, -0.2) is 17.1 Å². The second-order valence-corrected chi connectivity index (χ2v) is 3.09. The van der Waals surface area contributed by atoms with Gasteiger partial charge in [-0.05, 0) is 12.1 Å². The summed E-state index contributed by atoms with van der Waals surface area (Å²) in [4.78, 5) is 17.3. The Kier molecular flexibility index (Phi) is 2.13. The third kappa shape index (κ3) is 1.33. The van der Waals surface area contributed by atoms with E-state index < -0.39 is 5.69 Å². The van der Waals surface area contributed by atoms with Gasteiger partial charge in [-0.25, -0.2) is 4.79 Å². The summed E-state index contributed by atoms with van der Waals surface area (Å²) in [5, 5.41) is 0.949. The van der Waals surface area contributed by atoms with Crippen molar-refractivity contribution in [2.75, 3.05) is 7.11 Å². The van der Waals surface area contributed by atoms with E-state index >= 15 is 0 Å². The van der Waals surface area contributed by atoms with Gasteiger partial charge in [-0.3, -0.25) is 4.98 Å². The first-order chi connectivity index (χ1) is 6.72. The Morgan fingerprint density at radius 2 is 2.29 bits per heavy atom. The number of aromatic amines is 1. The van der Waals surface area contributed by atoms with E-state index in [4.69, 9.17) is 16.3 Å². The maximum absolute atomic E-state index is 11.1. The Labute approximate surface area is 84.5 Å². The van der Waals surface area contributed by atoms with Gasteiger partial charge in [0.15, 0.2) is 0 Å².